The Labute approximate surface area is 151 Å². The minimum absolute atomic E-state index is 0.0490. The van der Waals surface area contributed by atoms with E-state index < -0.39 is 35.3 Å². The summed E-state index contributed by atoms with van der Waals surface area (Å²) in [5.74, 6) is -3.22. The molecular weight excluding hydrogens is 375 g/mol. The van der Waals surface area contributed by atoms with E-state index in [-0.39, 0.29) is 28.2 Å². The van der Waals surface area contributed by atoms with Crippen LogP contribution in [0.3, 0.4) is 0 Å². The zero-order valence-corrected chi connectivity index (χ0v) is 14.5. The van der Waals surface area contributed by atoms with Gasteiger partial charge in [-0.2, -0.15) is 13.2 Å². The van der Waals surface area contributed by atoms with Crippen LogP contribution in [-0.4, -0.2) is 23.4 Å². The standard InChI is InChI=1S/C16H14F3NO5S/c1-8(2)14(22)24-11-5-10(13(21)20-26-16(17,18)19)6-12(7-11)25-15(23)9(3)4/h5-7H,1,3H2,2,4H3,(H,20,21). The molecule has 6 nitrogen and oxygen atoms in total. The SMILES string of the molecule is C=C(C)C(=O)Oc1cc(OC(=O)C(=C)C)cc(C(=O)NSC(F)(F)F)c1. The quantitative estimate of drug-likeness (QED) is 0.347. The van der Waals surface area contributed by atoms with E-state index in [9.17, 15) is 27.6 Å². The minimum Gasteiger partial charge on any atom is -0.423 e. The van der Waals surface area contributed by atoms with Crippen molar-refractivity contribution in [1.82, 2.24) is 4.72 Å². The van der Waals surface area contributed by atoms with Crippen molar-refractivity contribution in [3.05, 3.63) is 48.1 Å². The van der Waals surface area contributed by atoms with Crippen LogP contribution in [0.5, 0.6) is 11.5 Å². The molecule has 0 aromatic heterocycles. The molecule has 1 aromatic rings. The van der Waals surface area contributed by atoms with E-state index in [0.717, 1.165) is 18.2 Å². The Morgan fingerprint density at radius 2 is 1.38 bits per heavy atom. The van der Waals surface area contributed by atoms with Crippen molar-refractivity contribution in [2.45, 2.75) is 19.4 Å². The molecule has 0 saturated carbocycles. The van der Waals surface area contributed by atoms with Gasteiger partial charge in [0, 0.05) is 22.8 Å². The molecule has 1 amide bonds. The molecule has 0 aliphatic carbocycles. The second-order valence-electron chi connectivity index (χ2n) is 5.01. The molecule has 0 aliphatic rings. The number of esters is 2. The van der Waals surface area contributed by atoms with Gasteiger partial charge in [0.25, 0.3) is 5.91 Å². The van der Waals surface area contributed by atoms with Gasteiger partial charge in [-0.3, -0.25) is 9.52 Å². The molecule has 0 saturated heterocycles. The molecule has 140 valence electrons. The number of carbonyl (C=O) groups is 3. The molecule has 26 heavy (non-hydrogen) atoms. The number of ether oxygens (including phenoxy) is 2. The highest BCUT2D eigenvalue weighted by atomic mass is 32.2. The summed E-state index contributed by atoms with van der Waals surface area (Å²) in [6.07, 6.45) is 0. The lowest BCUT2D eigenvalue weighted by atomic mass is 10.2. The first-order valence-corrected chi connectivity index (χ1v) is 7.66. The van der Waals surface area contributed by atoms with Crippen molar-refractivity contribution in [3.8, 4) is 11.5 Å². The lowest BCUT2D eigenvalue weighted by Crippen LogP contribution is -2.21. The molecule has 0 aliphatic heterocycles. The Kier molecular flexibility index (Phi) is 7.01. The number of benzene rings is 1. The molecule has 1 rings (SSSR count). The number of hydrogen-bond acceptors (Lipinski definition) is 6. The summed E-state index contributed by atoms with van der Waals surface area (Å²) in [7, 11) is 0. The molecule has 0 radical (unpaired) electrons. The lowest BCUT2D eigenvalue weighted by molar-refractivity contribution is -0.130. The first-order valence-electron chi connectivity index (χ1n) is 6.84. The number of alkyl halides is 3. The van der Waals surface area contributed by atoms with E-state index in [4.69, 9.17) is 9.47 Å². The molecule has 0 unspecified atom stereocenters. The first kappa shape index (κ1) is 21.3. The summed E-state index contributed by atoms with van der Waals surface area (Å²) in [5, 5.41) is 0. The molecule has 1 aromatic carbocycles. The number of carbonyl (C=O) groups excluding carboxylic acids is 3. The van der Waals surface area contributed by atoms with Gasteiger partial charge in [0.1, 0.15) is 11.5 Å². The third-order valence-corrected chi connectivity index (χ3v) is 3.04. The Bertz CT molecular complexity index is 727. The van der Waals surface area contributed by atoms with Gasteiger partial charge < -0.3 is 9.47 Å². The second-order valence-corrected chi connectivity index (χ2v) is 5.88. The fourth-order valence-electron chi connectivity index (χ4n) is 1.37. The maximum absolute atomic E-state index is 12.2. The number of hydrogen-bond donors (Lipinski definition) is 1. The van der Waals surface area contributed by atoms with E-state index in [1.54, 1.807) is 4.72 Å². The smallest absolute Gasteiger partial charge is 0.423 e. The van der Waals surface area contributed by atoms with Crippen LogP contribution in [0.25, 0.3) is 0 Å². The van der Waals surface area contributed by atoms with Crippen LogP contribution in [0.1, 0.15) is 24.2 Å². The zero-order chi connectivity index (χ0) is 20.1. The van der Waals surface area contributed by atoms with Gasteiger partial charge in [0.15, 0.2) is 0 Å². The van der Waals surface area contributed by atoms with E-state index in [1.807, 2.05) is 0 Å². The maximum Gasteiger partial charge on any atom is 0.461 e. The molecule has 0 spiro atoms. The second kappa shape index (κ2) is 8.56. The van der Waals surface area contributed by atoms with E-state index >= 15 is 0 Å². The average molecular weight is 389 g/mol. The molecular formula is C16H14F3NO5S. The van der Waals surface area contributed by atoms with Gasteiger partial charge in [-0.1, -0.05) is 13.2 Å². The van der Waals surface area contributed by atoms with Gasteiger partial charge in [-0.25, -0.2) is 9.59 Å². The highest BCUT2D eigenvalue weighted by Crippen LogP contribution is 2.29. The Morgan fingerprint density at radius 1 is 0.962 bits per heavy atom. The highest BCUT2D eigenvalue weighted by Gasteiger charge is 2.30. The van der Waals surface area contributed by atoms with Gasteiger partial charge in [0.05, 0.1) is 11.9 Å². The van der Waals surface area contributed by atoms with Crippen molar-refractivity contribution in [2.24, 2.45) is 0 Å². The van der Waals surface area contributed by atoms with Crippen LogP contribution < -0.4 is 14.2 Å². The van der Waals surface area contributed by atoms with Crippen LogP contribution in [0.4, 0.5) is 13.2 Å². The Morgan fingerprint density at radius 3 is 1.73 bits per heavy atom. The summed E-state index contributed by atoms with van der Waals surface area (Å²) in [6, 6.07) is 3.16. The summed E-state index contributed by atoms with van der Waals surface area (Å²) in [6.45, 7) is 9.51. The van der Waals surface area contributed by atoms with Gasteiger partial charge in [-0.05, 0) is 26.0 Å². The zero-order valence-electron chi connectivity index (χ0n) is 13.7. The molecule has 0 heterocycles. The molecule has 1 N–H and O–H groups in total. The van der Waals surface area contributed by atoms with E-state index in [1.165, 1.54) is 13.8 Å². The molecule has 0 fully saturated rings. The fraction of sp³-hybridized carbons (Fsp3) is 0.188. The van der Waals surface area contributed by atoms with E-state index in [0.29, 0.717) is 0 Å². The van der Waals surface area contributed by atoms with Crippen molar-refractivity contribution in [3.63, 3.8) is 0 Å². The van der Waals surface area contributed by atoms with Crippen molar-refractivity contribution in [2.75, 3.05) is 0 Å². The predicted molar refractivity (Wildman–Crippen MR) is 88.5 cm³/mol. The normalized spacial score (nSPS) is 10.7. The minimum atomic E-state index is -4.69. The predicted octanol–water partition coefficient (Wildman–Crippen LogP) is 3.55. The van der Waals surface area contributed by atoms with Crippen molar-refractivity contribution in [1.29, 1.82) is 0 Å². The van der Waals surface area contributed by atoms with Crippen LogP contribution in [0, 0.1) is 0 Å². The summed E-state index contributed by atoms with van der Waals surface area (Å²) < 4.78 is 48.1. The van der Waals surface area contributed by atoms with Crippen LogP contribution in [-0.2, 0) is 9.59 Å². The highest BCUT2D eigenvalue weighted by molar-refractivity contribution is 7.98. The molecule has 0 atom stereocenters. The number of amides is 1. The monoisotopic (exact) mass is 389 g/mol. The number of nitrogens with one attached hydrogen (secondary N) is 1. The van der Waals surface area contributed by atoms with Gasteiger partial charge in [0.2, 0.25) is 0 Å². The topological polar surface area (TPSA) is 81.7 Å². The van der Waals surface area contributed by atoms with Crippen molar-refractivity contribution < 1.29 is 37.0 Å². The largest absolute Gasteiger partial charge is 0.461 e. The van der Waals surface area contributed by atoms with Gasteiger partial charge >= 0.3 is 17.4 Å². The third kappa shape index (κ3) is 7.01. The Balaban J connectivity index is 3.16. The average Bonchev–Trinajstić information content (AvgIpc) is 2.51. The first-order chi connectivity index (χ1) is 11.9. The third-order valence-electron chi connectivity index (χ3n) is 2.52. The van der Waals surface area contributed by atoms with Crippen LogP contribution in [0.2, 0.25) is 0 Å². The lowest BCUT2D eigenvalue weighted by Gasteiger charge is -2.11. The summed E-state index contributed by atoms with van der Waals surface area (Å²) in [4.78, 5) is 35.1. The maximum atomic E-state index is 12.2. The summed E-state index contributed by atoms with van der Waals surface area (Å²) >= 11 is -0.757. The summed E-state index contributed by atoms with van der Waals surface area (Å²) in [5.41, 5.74) is -4.91. The number of rotatable bonds is 6. The fourth-order valence-corrected chi connectivity index (χ4v) is 1.70. The van der Waals surface area contributed by atoms with Gasteiger partial charge in [-0.15, -0.1) is 0 Å². The number of halogens is 3. The molecule has 10 heteroatoms. The molecule has 0 bridgehead atoms. The van der Waals surface area contributed by atoms with Crippen molar-refractivity contribution >= 4 is 29.8 Å². The Hall–Kier alpha value is -2.75. The van der Waals surface area contributed by atoms with Crippen LogP contribution in [0.15, 0.2) is 42.5 Å². The van der Waals surface area contributed by atoms with E-state index in [2.05, 4.69) is 13.2 Å². The van der Waals surface area contributed by atoms with Crippen LogP contribution >= 0.6 is 11.9 Å².